The molecule has 0 heterocycles. The number of benzene rings is 2. The minimum Gasteiger partial charge on any atom is -0.508 e. The maximum atomic E-state index is 12.8. The third-order valence-electron chi connectivity index (χ3n) is 3.56. The van der Waals surface area contributed by atoms with Crippen LogP contribution in [0.1, 0.15) is 35.2 Å². The summed E-state index contributed by atoms with van der Waals surface area (Å²) < 4.78 is 11.6. The average Bonchev–Trinajstić information content (AvgIpc) is 2.47. The van der Waals surface area contributed by atoms with Gasteiger partial charge in [0, 0.05) is 11.5 Å². The molecular formula is C16H17O6P. The summed E-state index contributed by atoms with van der Waals surface area (Å²) in [6, 6.07) is 9.51. The van der Waals surface area contributed by atoms with E-state index >= 15 is 0 Å². The monoisotopic (exact) mass is 336 g/mol. The predicted octanol–water partition coefficient (Wildman–Crippen LogP) is 2.28. The Morgan fingerprint density at radius 1 is 1.09 bits per heavy atom. The highest BCUT2D eigenvalue weighted by Crippen LogP contribution is 2.37. The largest absolute Gasteiger partial charge is 0.508 e. The topological polar surface area (TPSA) is 115 Å². The fourth-order valence-electron chi connectivity index (χ4n) is 2.47. The Morgan fingerprint density at radius 3 is 2.30 bits per heavy atom. The average molecular weight is 336 g/mol. The van der Waals surface area contributed by atoms with Gasteiger partial charge >= 0.3 is 7.60 Å². The molecule has 0 spiro atoms. The maximum Gasteiger partial charge on any atom is 0.357 e. The highest BCUT2D eigenvalue weighted by Gasteiger charge is 2.29. The van der Waals surface area contributed by atoms with E-state index in [-0.39, 0.29) is 17.1 Å². The van der Waals surface area contributed by atoms with Crippen LogP contribution in [-0.2, 0) is 4.57 Å². The Balaban J connectivity index is 2.53. The van der Waals surface area contributed by atoms with E-state index in [9.17, 15) is 29.4 Å². The second-order valence-corrected chi connectivity index (χ2v) is 6.74. The molecule has 4 N–H and O–H groups in total. The molecule has 2 aromatic carbocycles. The van der Waals surface area contributed by atoms with Crippen molar-refractivity contribution < 1.29 is 29.4 Å². The molecule has 2 aromatic rings. The summed E-state index contributed by atoms with van der Waals surface area (Å²) in [5, 5.41) is 18.5. The molecule has 122 valence electrons. The number of rotatable bonds is 5. The Bertz CT molecular complexity index is 780. The van der Waals surface area contributed by atoms with E-state index in [1.807, 2.05) is 0 Å². The molecule has 0 fully saturated rings. The molecule has 0 saturated heterocycles. The second-order valence-electron chi connectivity index (χ2n) is 5.17. The first-order chi connectivity index (χ1) is 10.7. The minimum absolute atomic E-state index is 0.00895. The fourth-order valence-corrected chi connectivity index (χ4v) is 3.27. The number of phenolic OH excluding ortho intramolecular Hbond substituents is 2. The van der Waals surface area contributed by atoms with Gasteiger partial charge in [-0.3, -0.25) is 9.36 Å². The van der Waals surface area contributed by atoms with Crippen molar-refractivity contribution in [3.8, 4) is 11.5 Å². The zero-order valence-electron chi connectivity index (χ0n) is 12.4. The van der Waals surface area contributed by atoms with Crippen molar-refractivity contribution >= 4 is 18.7 Å². The van der Waals surface area contributed by atoms with Gasteiger partial charge in [0.1, 0.15) is 11.5 Å². The molecule has 2 rings (SSSR count). The first kappa shape index (κ1) is 17.2. The van der Waals surface area contributed by atoms with Crippen molar-refractivity contribution in [1.82, 2.24) is 0 Å². The zero-order valence-corrected chi connectivity index (χ0v) is 13.3. The summed E-state index contributed by atoms with van der Waals surface area (Å²) in [6.45, 7) is 1.77. The van der Waals surface area contributed by atoms with Gasteiger partial charge in [-0.2, -0.15) is 0 Å². The quantitative estimate of drug-likeness (QED) is 0.492. The molecule has 23 heavy (non-hydrogen) atoms. The van der Waals surface area contributed by atoms with Gasteiger partial charge in [-0.1, -0.05) is 19.1 Å². The number of aromatic hydroxyl groups is 2. The number of hydrogen-bond donors (Lipinski definition) is 4. The highest BCUT2D eigenvalue weighted by molar-refractivity contribution is 7.60. The molecule has 0 radical (unpaired) electrons. The first-order valence-corrected chi connectivity index (χ1v) is 8.57. The van der Waals surface area contributed by atoms with Gasteiger partial charge in [-0.05, 0) is 42.3 Å². The summed E-state index contributed by atoms with van der Waals surface area (Å²) in [6.07, 6.45) is 0.393. The van der Waals surface area contributed by atoms with E-state index in [2.05, 4.69) is 0 Å². The van der Waals surface area contributed by atoms with Gasteiger partial charge in [0.15, 0.2) is 5.78 Å². The van der Waals surface area contributed by atoms with Crippen molar-refractivity contribution in [3.05, 3.63) is 53.6 Å². The molecule has 0 bridgehead atoms. The number of phenols is 2. The Morgan fingerprint density at radius 2 is 1.74 bits per heavy atom. The third kappa shape index (κ3) is 3.79. The van der Waals surface area contributed by atoms with Crippen LogP contribution in [0.15, 0.2) is 42.5 Å². The molecule has 0 aromatic heterocycles. The van der Waals surface area contributed by atoms with Crippen LogP contribution in [-0.4, -0.2) is 25.8 Å². The van der Waals surface area contributed by atoms with Crippen LogP contribution in [0.5, 0.6) is 11.5 Å². The van der Waals surface area contributed by atoms with Gasteiger partial charge in [-0.25, -0.2) is 0 Å². The number of carbonyl (C=O) groups excluding carboxylic acids is 1. The van der Waals surface area contributed by atoms with E-state index in [0.717, 1.165) is 6.07 Å². The highest BCUT2D eigenvalue weighted by atomic mass is 31.2. The van der Waals surface area contributed by atoms with Crippen LogP contribution in [0.25, 0.3) is 0 Å². The molecule has 1 unspecified atom stereocenters. The van der Waals surface area contributed by atoms with E-state index in [0.29, 0.717) is 12.0 Å². The SMILES string of the molecule is CCC(C(=O)c1ccc(O)cc1P(=O)(O)O)c1cccc(O)c1. The smallest absolute Gasteiger partial charge is 0.357 e. The van der Waals surface area contributed by atoms with Crippen molar-refractivity contribution in [3.63, 3.8) is 0 Å². The third-order valence-corrected chi connectivity index (χ3v) is 4.56. The van der Waals surface area contributed by atoms with Crippen molar-refractivity contribution in [2.75, 3.05) is 0 Å². The molecule has 0 aliphatic rings. The van der Waals surface area contributed by atoms with Gasteiger partial charge in [0.2, 0.25) is 0 Å². The Kier molecular flexibility index (Phi) is 4.90. The number of ketones is 1. The molecule has 0 saturated carbocycles. The summed E-state index contributed by atoms with van der Waals surface area (Å²) in [5.41, 5.74) is 0.425. The molecule has 0 aliphatic carbocycles. The molecular weight excluding hydrogens is 319 g/mol. The van der Waals surface area contributed by atoms with Crippen LogP contribution in [0, 0.1) is 0 Å². The number of carbonyl (C=O) groups is 1. The standard InChI is InChI=1S/C16H17O6P/c1-2-13(10-4-3-5-11(17)8-10)16(19)14-7-6-12(18)9-15(14)23(20,21)22/h3-9,13,17-18H,2H2,1H3,(H2,20,21,22). The maximum absolute atomic E-state index is 12.8. The van der Waals surface area contributed by atoms with Crippen LogP contribution in [0.2, 0.25) is 0 Å². The van der Waals surface area contributed by atoms with Gasteiger partial charge in [0.25, 0.3) is 0 Å². The molecule has 0 aliphatic heterocycles. The minimum atomic E-state index is -4.72. The second kappa shape index (κ2) is 6.54. The zero-order chi connectivity index (χ0) is 17.2. The fraction of sp³-hybridized carbons (Fsp3) is 0.188. The lowest BCUT2D eigenvalue weighted by molar-refractivity contribution is 0.0958. The van der Waals surface area contributed by atoms with Crippen LogP contribution in [0.4, 0.5) is 0 Å². The summed E-state index contributed by atoms with van der Waals surface area (Å²) in [4.78, 5) is 31.6. The first-order valence-electron chi connectivity index (χ1n) is 6.96. The van der Waals surface area contributed by atoms with E-state index < -0.39 is 24.6 Å². The van der Waals surface area contributed by atoms with Gasteiger partial charge in [0.05, 0.1) is 5.30 Å². The lowest BCUT2D eigenvalue weighted by atomic mass is 9.88. The van der Waals surface area contributed by atoms with Gasteiger partial charge in [-0.15, -0.1) is 0 Å². The van der Waals surface area contributed by atoms with Crippen molar-refractivity contribution in [2.45, 2.75) is 19.3 Å². The lowest BCUT2D eigenvalue weighted by Gasteiger charge is -2.17. The van der Waals surface area contributed by atoms with Crippen LogP contribution >= 0.6 is 7.60 Å². The van der Waals surface area contributed by atoms with Crippen LogP contribution in [0.3, 0.4) is 0 Å². The molecule has 1 atom stereocenters. The predicted molar refractivity (Wildman–Crippen MR) is 85.3 cm³/mol. The lowest BCUT2D eigenvalue weighted by Crippen LogP contribution is -2.21. The summed E-state index contributed by atoms with van der Waals surface area (Å²) in [7, 11) is -4.72. The Labute approximate surface area is 133 Å². The Hall–Kier alpha value is -2.14. The molecule has 0 amide bonds. The summed E-state index contributed by atoms with van der Waals surface area (Å²) in [5.74, 6) is -1.45. The molecule has 7 heteroatoms. The van der Waals surface area contributed by atoms with Crippen molar-refractivity contribution in [2.24, 2.45) is 0 Å². The molecule has 6 nitrogen and oxygen atoms in total. The normalized spacial score (nSPS) is 12.8. The van der Waals surface area contributed by atoms with E-state index in [4.69, 9.17) is 0 Å². The van der Waals surface area contributed by atoms with E-state index in [1.165, 1.54) is 24.3 Å². The summed E-state index contributed by atoms with van der Waals surface area (Å²) >= 11 is 0. The van der Waals surface area contributed by atoms with Crippen LogP contribution < -0.4 is 5.30 Å². The number of Topliss-reactive ketones (excluding diaryl/α,β-unsaturated/α-hetero) is 1. The van der Waals surface area contributed by atoms with E-state index in [1.54, 1.807) is 19.1 Å². The number of hydrogen-bond acceptors (Lipinski definition) is 4. The van der Waals surface area contributed by atoms with Gasteiger partial charge < -0.3 is 20.0 Å². The van der Waals surface area contributed by atoms with Crippen molar-refractivity contribution in [1.29, 1.82) is 0 Å².